The van der Waals surface area contributed by atoms with Crippen LogP contribution < -0.4 is 0 Å². The molecule has 6 nitrogen and oxygen atoms in total. The first-order valence-corrected chi connectivity index (χ1v) is 16.6. The minimum absolute atomic E-state index is 0.515. The van der Waals surface area contributed by atoms with Crippen LogP contribution >= 0.6 is 0 Å². The molecule has 6 heteroatoms. The minimum atomic E-state index is -1.04. The van der Waals surface area contributed by atoms with Gasteiger partial charge in [-0.3, -0.25) is 4.57 Å². The third-order valence-corrected chi connectivity index (χ3v) is 9.05. The fraction of sp³-hybridized carbons (Fsp3) is 0. The maximum absolute atomic E-state index is 9.78. The number of rotatable bonds is 5. The zero-order valence-electron chi connectivity index (χ0n) is 59.1. The summed E-state index contributed by atoms with van der Waals surface area (Å²) in [6.07, 6.45) is 0. The Kier molecular flexibility index (Phi) is 2.97. The predicted octanol–water partition coefficient (Wildman–Crippen LogP) is 13.0. The van der Waals surface area contributed by atoms with Crippen molar-refractivity contribution in [2.24, 2.45) is 0 Å². The molecule has 0 unspecified atom stereocenters. The van der Waals surface area contributed by atoms with Crippen LogP contribution in [0, 0.1) is 0 Å². The molecular weight excluding hydrogens is 699 g/mol. The molecule has 0 saturated heterocycles. The van der Waals surface area contributed by atoms with Crippen LogP contribution in [0.5, 0.6) is 0 Å². The molecule has 0 spiro atoms. The number of benzene rings is 8. The number of hydrogen-bond acceptors (Lipinski definition) is 4. The first-order chi connectivity index (χ1) is 41.2. The Morgan fingerprint density at radius 3 is 1.81 bits per heavy atom. The number of nitrogens with zero attached hydrogens (tertiary/aromatic N) is 5. The van der Waals surface area contributed by atoms with Gasteiger partial charge in [0.05, 0.1) is 64.6 Å². The lowest BCUT2D eigenvalue weighted by Gasteiger charge is -2.12. The van der Waals surface area contributed by atoms with Gasteiger partial charge in [0.2, 0.25) is 5.95 Å². The number of aromatic nitrogens is 5. The highest BCUT2D eigenvalue weighted by Crippen LogP contribution is 2.42. The highest BCUT2D eigenvalue weighted by Gasteiger charge is 2.23. The Hall–Kier alpha value is -7.83. The van der Waals surface area contributed by atoms with Crippen molar-refractivity contribution in [1.29, 1.82) is 0 Å². The molecule has 8 aromatic carbocycles. The Morgan fingerprint density at radius 1 is 0.404 bits per heavy atom. The SMILES string of the molecule is [2H]c1c([2H])c([2H])c(-c2nc(-c3c([2H])c([2H])c4c(oc5c([2H])c([2H])c([2H])c(-c6c([2H])c([2H])c([2H])c([2H])c6[2H])c54)c3[2H])nc(-n3c4c([2H])c([2H])c([2H])c([2H])c4c4c([2H])c([2H])c5c(c6c([2H])c([2H])c([2H])c([2H])c6n5-c5c([2H])c([2H])c([2H])c([2H])c5[2H])c43)n2)c([2H])c1[2H]. The van der Waals surface area contributed by atoms with Crippen LogP contribution in [-0.2, 0) is 0 Å². The van der Waals surface area contributed by atoms with E-state index in [1.807, 2.05) is 0 Å². The summed E-state index contributed by atoms with van der Waals surface area (Å²) in [5, 5.41) is -3.47. The lowest BCUT2D eigenvalue weighted by Crippen LogP contribution is -2.06. The van der Waals surface area contributed by atoms with Gasteiger partial charge in [-0.25, -0.2) is 4.98 Å². The molecule has 0 atom stereocenters. The quantitative estimate of drug-likeness (QED) is 0.175. The second-order valence-electron chi connectivity index (χ2n) is 12.1. The maximum Gasteiger partial charge on any atom is 0.238 e. The molecule has 0 amide bonds. The number of para-hydroxylation sites is 3. The molecular formula is C51H31N5O. The number of hydrogen-bond donors (Lipinski definition) is 0. The lowest BCUT2D eigenvalue weighted by molar-refractivity contribution is 0.669. The molecule has 0 N–H and O–H groups in total. The molecule has 12 rings (SSSR count). The van der Waals surface area contributed by atoms with Gasteiger partial charge in [0, 0.05) is 49.1 Å². The fourth-order valence-electron chi connectivity index (χ4n) is 6.77. The average Bonchev–Trinajstić information content (AvgIpc) is 1.53. The third kappa shape index (κ3) is 4.81. The molecule has 266 valence electrons. The summed E-state index contributed by atoms with van der Waals surface area (Å²) in [5.74, 6) is -2.85. The van der Waals surface area contributed by atoms with Crippen LogP contribution in [0.1, 0.15) is 42.5 Å². The summed E-state index contributed by atoms with van der Waals surface area (Å²) in [4.78, 5) is 13.6. The Morgan fingerprint density at radius 2 is 1.04 bits per heavy atom. The first-order valence-electron chi connectivity index (χ1n) is 32.1. The molecule has 0 aliphatic carbocycles. The molecule has 0 radical (unpaired) electrons. The van der Waals surface area contributed by atoms with Gasteiger partial charge in [0.25, 0.3) is 0 Å². The fourth-order valence-corrected chi connectivity index (χ4v) is 6.77. The smallest absolute Gasteiger partial charge is 0.238 e. The van der Waals surface area contributed by atoms with E-state index in [9.17, 15) is 12.3 Å². The number of fused-ring (bicyclic) bond motifs is 10. The normalized spacial score (nSPS) is 19.5. The highest BCUT2D eigenvalue weighted by molar-refractivity contribution is 6.26. The van der Waals surface area contributed by atoms with E-state index in [1.165, 1.54) is 0 Å². The van der Waals surface area contributed by atoms with E-state index in [-0.39, 0.29) is 0 Å². The molecule has 4 heterocycles. The van der Waals surface area contributed by atoms with Gasteiger partial charge in [0.15, 0.2) is 11.6 Å². The summed E-state index contributed by atoms with van der Waals surface area (Å²) in [7, 11) is 0. The van der Waals surface area contributed by atoms with Gasteiger partial charge in [0.1, 0.15) is 11.2 Å². The average molecular weight is 761 g/mol. The second kappa shape index (κ2) is 12.3. The van der Waals surface area contributed by atoms with E-state index >= 15 is 0 Å². The minimum Gasteiger partial charge on any atom is -0.456 e. The summed E-state index contributed by atoms with van der Waals surface area (Å²) in [6.45, 7) is 0. The highest BCUT2D eigenvalue weighted by atomic mass is 16.3. The lowest BCUT2D eigenvalue weighted by atomic mass is 9.99. The van der Waals surface area contributed by atoms with E-state index in [4.69, 9.17) is 34.6 Å². The van der Waals surface area contributed by atoms with Crippen LogP contribution in [0.15, 0.2) is 192 Å². The summed E-state index contributed by atoms with van der Waals surface area (Å²) in [5.41, 5.74) is -7.85. The predicted molar refractivity (Wildman–Crippen MR) is 232 cm³/mol. The van der Waals surface area contributed by atoms with Crippen molar-refractivity contribution in [2.75, 3.05) is 0 Å². The Bertz CT molecular complexity index is 5270. The van der Waals surface area contributed by atoms with E-state index in [1.54, 1.807) is 0 Å². The van der Waals surface area contributed by atoms with Crippen molar-refractivity contribution in [3.05, 3.63) is 187 Å². The summed E-state index contributed by atoms with van der Waals surface area (Å²) >= 11 is 0. The van der Waals surface area contributed by atoms with Gasteiger partial charge < -0.3 is 8.98 Å². The zero-order valence-corrected chi connectivity index (χ0v) is 28.1. The molecule has 0 fully saturated rings. The van der Waals surface area contributed by atoms with Crippen LogP contribution in [0.3, 0.4) is 0 Å². The molecule has 0 aliphatic heterocycles. The van der Waals surface area contributed by atoms with Gasteiger partial charge >= 0.3 is 0 Å². The molecule has 0 saturated carbocycles. The van der Waals surface area contributed by atoms with Crippen molar-refractivity contribution in [3.63, 3.8) is 0 Å². The Balaban J connectivity index is 1.34. The molecule has 0 aliphatic rings. The van der Waals surface area contributed by atoms with Crippen LogP contribution in [-0.4, -0.2) is 24.1 Å². The van der Waals surface area contributed by atoms with Crippen LogP contribution in [0.2, 0.25) is 0 Å². The van der Waals surface area contributed by atoms with E-state index < -0.39 is 298 Å². The summed E-state index contributed by atoms with van der Waals surface area (Å²) < 4.78 is 286. The van der Waals surface area contributed by atoms with Crippen molar-refractivity contribution >= 4 is 65.6 Å². The van der Waals surface area contributed by atoms with Crippen molar-refractivity contribution in [1.82, 2.24) is 24.1 Å². The Labute approximate surface area is 370 Å². The molecule has 0 bridgehead atoms. The van der Waals surface area contributed by atoms with E-state index in [2.05, 4.69) is 15.0 Å². The van der Waals surface area contributed by atoms with Gasteiger partial charge in [-0.1, -0.05) is 139 Å². The van der Waals surface area contributed by atoms with Crippen molar-refractivity contribution < 1.29 is 46.9 Å². The number of furan rings is 1. The topological polar surface area (TPSA) is 61.7 Å². The van der Waals surface area contributed by atoms with Crippen LogP contribution in [0.25, 0.3) is 111 Å². The maximum atomic E-state index is 9.78. The van der Waals surface area contributed by atoms with Crippen molar-refractivity contribution in [3.8, 4) is 45.5 Å². The first kappa shape index (κ1) is 13.7. The molecule has 12 aromatic rings. The van der Waals surface area contributed by atoms with E-state index in [0.717, 1.165) is 9.13 Å². The van der Waals surface area contributed by atoms with Crippen LogP contribution in [0.4, 0.5) is 0 Å². The van der Waals surface area contributed by atoms with E-state index in [0.29, 0.717) is 0 Å². The van der Waals surface area contributed by atoms with Gasteiger partial charge in [-0.15, -0.1) is 0 Å². The second-order valence-corrected chi connectivity index (χ2v) is 12.1. The summed E-state index contributed by atoms with van der Waals surface area (Å²) in [6, 6.07) is -28.9. The van der Waals surface area contributed by atoms with Crippen molar-refractivity contribution in [2.45, 2.75) is 0 Å². The van der Waals surface area contributed by atoms with Gasteiger partial charge in [-0.2, -0.15) is 9.97 Å². The zero-order chi connectivity index (χ0) is 64.4. The third-order valence-electron chi connectivity index (χ3n) is 9.05. The van der Waals surface area contributed by atoms with Gasteiger partial charge in [-0.05, 0) is 59.5 Å². The largest absolute Gasteiger partial charge is 0.456 e. The molecule has 57 heavy (non-hydrogen) atoms. The standard InChI is InChI=1S/C51H31N5O/c1-4-15-32(16-5-1)36-23-14-26-44-46(36)40-28-27-34(31-45(40)57-44)50-52-49(33-17-6-2-7-18-33)53-51(54-50)56-41-24-12-10-21-37(41)38-29-30-43-47(48(38)56)39-22-11-13-25-42(39)55(43)35-19-8-3-9-20-35/h1-31H/i1D,2D,3D,4D,5D,6D,7D,8D,9D,10D,11D,12D,13D,14D,15D,16D,17D,18D,19D,20D,21D,22D,23D,24D,25D,26D,27D,28D,29D,30D,31D. The molecule has 4 aromatic heterocycles. The monoisotopic (exact) mass is 760 g/mol.